The average Bonchev–Trinajstić information content (AvgIpc) is 3.14. The molecule has 10 heteroatoms. The number of benzene rings is 1. The van der Waals surface area contributed by atoms with E-state index in [0.717, 1.165) is 4.57 Å². The minimum absolute atomic E-state index is 0.0214. The zero-order valence-corrected chi connectivity index (χ0v) is 17.3. The second-order valence-electron chi connectivity index (χ2n) is 6.57. The highest BCUT2D eigenvalue weighted by Gasteiger charge is 2.39. The van der Waals surface area contributed by atoms with Crippen LogP contribution in [-0.2, 0) is 12.7 Å². The number of pyridine rings is 2. The lowest BCUT2D eigenvalue weighted by Crippen LogP contribution is -2.17. The Hall–Kier alpha value is -3.14. The maximum Gasteiger partial charge on any atom is 0.449 e. The monoisotopic (exact) mass is 448 g/mol. The predicted molar refractivity (Wildman–Crippen MR) is 110 cm³/mol. The summed E-state index contributed by atoms with van der Waals surface area (Å²) in [5.74, 6) is -1.71. The molecule has 1 aromatic carbocycles. The summed E-state index contributed by atoms with van der Waals surface area (Å²) in [6, 6.07) is 10.0. The Balaban J connectivity index is 2.02. The number of hydrogen-bond donors (Lipinski definition) is 0. The van der Waals surface area contributed by atoms with Crippen LogP contribution >= 0.6 is 11.8 Å². The van der Waals surface area contributed by atoms with Crippen molar-refractivity contribution in [2.45, 2.75) is 17.6 Å². The van der Waals surface area contributed by atoms with Crippen molar-refractivity contribution in [3.63, 3.8) is 0 Å². The third-order valence-corrected chi connectivity index (χ3v) is 5.39. The lowest BCUT2D eigenvalue weighted by molar-refractivity contribution is -0.146. The van der Waals surface area contributed by atoms with Gasteiger partial charge in [-0.3, -0.25) is 4.98 Å². The van der Waals surface area contributed by atoms with E-state index < -0.39 is 24.4 Å². The Kier molecular flexibility index (Phi) is 5.57. The maximum absolute atomic E-state index is 14.6. The topological polar surface area (TPSA) is 52.8 Å². The average molecular weight is 448 g/mol. The molecule has 3 aromatic heterocycles. The van der Waals surface area contributed by atoms with E-state index in [2.05, 4.69) is 15.0 Å². The summed E-state index contributed by atoms with van der Waals surface area (Å²) in [6.07, 6.45) is -0.370. The summed E-state index contributed by atoms with van der Waals surface area (Å²) in [6.45, 7) is -0.459. The standard InChI is InChI=1S/C21H16F4N4OS/c1-30-19-17(12-6-4-3-5-7-12)18-15(10-27-19)28-20(21(23,24)25)29(18)11-16-14(22)8-13(31-2)9-26-16/h3-10H,11H2,1-2H3. The number of thioether (sulfide) groups is 1. The van der Waals surface area contributed by atoms with Crippen LogP contribution in [-0.4, -0.2) is 32.9 Å². The molecular weight excluding hydrogens is 432 g/mol. The SMILES string of the molecule is COc1ncc2nc(C(F)(F)F)n(Cc3ncc(SC)cc3F)c2c1-c1ccccc1. The minimum atomic E-state index is -4.77. The Morgan fingerprint density at radius 2 is 1.84 bits per heavy atom. The number of methoxy groups -OCH3 is 1. The van der Waals surface area contributed by atoms with E-state index in [1.165, 1.54) is 37.3 Å². The van der Waals surface area contributed by atoms with Crippen LogP contribution in [0.15, 0.2) is 53.7 Å². The molecule has 0 unspecified atom stereocenters. The van der Waals surface area contributed by atoms with Crippen LogP contribution in [0, 0.1) is 5.82 Å². The molecule has 160 valence electrons. The van der Waals surface area contributed by atoms with Crippen molar-refractivity contribution < 1.29 is 22.3 Å². The van der Waals surface area contributed by atoms with Gasteiger partial charge in [-0.1, -0.05) is 30.3 Å². The van der Waals surface area contributed by atoms with Crippen LogP contribution in [0.3, 0.4) is 0 Å². The largest absolute Gasteiger partial charge is 0.480 e. The Labute approximate surface area is 179 Å². The summed E-state index contributed by atoms with van der Waals surface area (Å²) in [4.78, 5) is 12.5. The molecule has 5 nitrogen and oxygen atoms in total. The molecule has 0 spiro atoms. The highest BCUT2D eigenvalue weighted by molar-refractivity contribution is 7.98. The summed E-state index contributed by atoms with van der Waals surface area (Å²) < 4.78 is 62.5. The summed E-state index contributed by atoms with van der Waals surface area (Å²) in [5, 5.41) is 0. The van der Waals surface area contributed by atoms with E-state index in [4.69, 9.17) is 4.74 Å². The van der Waals surface area contributed by atoms with Gasteiger partial charge in [-0.15, -0.1) is 11.8 Å². The quantitative estimate of drug-likeness (QED) is 0.301. The van der Waals surface area contributed by atoms with Gasteiger partial charge in [0.25, 0.3) is 0 Å². The highest BCUT2D eigenvalue weighted by Crippen LogP contribution is 2.39. The lowest BCUT2D eigenvalue weighted by atomic mass is 10.1. The Bertz CT molecular complexity index is 1240. The van der Waals surface area contributed by atoms with Crippen molar-refractivity contribution in [2.24, 2.45) is 0 Å². The molecule has 4 aromatic rings. The van der Waals surface area contributed by atoms with E-state index in [-0.39, 0.29) is 22.6 Å². The number of fused-ring (bicyclic) bond motifs is 1. The second kappa shape index (κ2) is 8.18. The van der Waals surface area contributed by atoms with Crippen LogP contribution in [0.5, 0.6) is 5.88 Å². The molecule has 31 heavy (non-hydrogen) atoms. The normalized spacial score (nSPS) is 11.8. The molecule has 0 N–H and O–H groups in total. The minimum Gasteiger partial charge on any atom is -0.480 e. The van der Waals surface area contributed by atoms with Crippen LogP contribution in [0.4, 0.5) is 17.6 Å². The van der Waals surface area contributed by atoms with Gasteiger partial charge in [-0.05, 0) is 17.9 Å². The first-order valence-electron chi connectivity index (χ1n) is 9.07. The molecule has 0 fully saturated rings. The van der Waals surface area contributed by atoms with Gasteiger partial charge in [-0.2, -0.15) is 13.2 Å². The van der Waals surface area contributed by atoms with Gasteiger partial charge in [-0.25, -0.2) is 14.4 Å². The molecule has 0 radical (unpaired) electrons. The predicted octanol–water partition coefficient (Wildman–Crippen LogP) is 5.43. The third kappa shape index (κ3) is 3.95. The van der Waals surface area contributed by atoms with Crippen molar-refractivity contribution in [3.8, 4) is 17.0 Å². The van der Waals surface area contributed by atoms with Crippen LogP contribution < -0.4 is 4.74 Å². The number of aromatic nitrogens is 4. The number of alkyl halides is 3. The van der Waals surface area contributed by atoms with Gasteiger partial charge in [0, 0.05) is 11.1 Å². The number of ether oxygens (including phenoxy) is 1. The fourth-order valence-electron chi connectivity index (χ4n) is 3.33. The van der Waals surface area contributed by atoms with Crippen molar-refractivity contribution in [2.75, 3.05) is 13.4 Å². The van der Waals surface area contributed by atoms with E-state index in [1.54, 1.807) is 36.6 Å². The Morgan fingerprint density at radius 3 is 2.45 bits per heavy atom. The molecule has 0 aliphatic carbocycles. The van der Waals surface area contributed by atoms with Crippen molar-refractivity contribution >= 4 is 22.8 Å². The fraction of sp³-hybridized carbons (Fsp3) is 0.190. The van der Waals surface area contributed by atoms with E-state index in [1.807, 2.05) is 0 Å². The zero-order chi connectivity index (χ0) is 22.2. The molecule has 4 rings (SSSR count). The van der Waals surface area contributed by atoms with Gasteiger partial charge in [0.15, 0.2) is 0 Å². The zero-order valence-electron chi connectivity index (χ0n) is 16.4. The van der Waals surface area contributed by atoms with E-state index in [0.29, 0.717) is 16.0 Å². The van der Waals surface area contributed by atoms with Gasteiger partial charge < -0.3 is 9.30 Å². The molecule has 0 saturated heterocycles. The van der Waals surface area contributed by atoms with Crippen LogP contribution in [0.1, 0.15) is 11.5 Å². The molecule has 0 amide bonds. The van der Waals surface area contributed by atoms with Crippen LogP contribution in [0.25, 0.3) is 22.2 Å². The van der Waals surface area contributed by atoms with E-state index in [9.17, 15) is 17.6 Å². The first-order chi connectivity index (χ1) is 14.8. The van der Waals surface area contributed by atoms with Crippen LogP contribution in [0.2, 0.25) is 0 Å². The molecule has 0 aliphatic rings. The fourth-order valence-corrected chi connectivity index (χ4v) is 3.71. The summed E-state index contributed by atoms with van der Waals surface area (Å²) in [5.41, 5.74) is 0.967. The van der Waals surface area contributed by atoms with Gasteiger partial charge in [0.1, 0.15) is 11.3 Å². The van der Waals surface area contributed by atoms with Crippen molar-refractivity contribution in [1.82, 2.24) is 19.5 Å². The highest BCUT2D eigenvalue weighted by atomic mass is 32.2. The summed E-state index contributed by atoms with van der Waals surface area (Å²) in [7, 11) is 1.38. The number of nitrogens with zero attached hydrogens (tertiary/aromatic N) is 4. The van der Waals surface area contributed by atoms with Crippen molar-refractivity contribution in [3.05, 3.63) is 66.1 Å². The molecule has 0 saturated carbocycles. The lowest BCUT2D eigenvalue weighted by Gasteiger charge is -2.15. The number of halogens is 4. The van der Waals surface area contributed by atoms with Gasteiger partial charge in [0.05, 0.1) is 36.6 Å². The number of imidazole rings is 1. The van der Waals surface area contributed by atoms with Gasteiger partial charge >= 0.3 is 6.18 Å². The first kappa shape index (κ1) is 21.1. The molecule has 0 bridgehead atoms. The Morgan fingerprint density at radius 1 is 1.10 bits per heavy atom. The smallest absolute Gasteiger partial charge is 0.449 e. The number of hydrogen-bond acceptors (Lipinski definition) is 5. The molecule has 0 aliphatic heterocycles. The van der Waals surface area contributed by atoms with Gasteiger partial charge in [0.2, 0.25) is 11.7 Å². The maximum atomic E-state index is 14.6. The number of rotatable bonds is 5. The molecule has 3 heterocycles. The molecule has 0 atom stereocenters. The molecular formula is C21H16F4N4OS. The second-order valence-corrected chi connectivity index (χ2v) is 7.44. The summed E-state index contributed by atoms with van der Waals surface area (Å²) >= 11 is 1.29. The van der Waals surface area contributed by atoms with E-state index >= 15 is 0 Å². The van der Waals surface area contributed by atoms with Crippen molar-refractivity contribution in [1.29, 1.82) is 0 Å². The third-order valence-electron chi connectivity index (χ3n) is 4.69. The first-order valence-corrected chi connectivity index (χ1v) is 10.3.